The Bertz CT molecular complexity index is 560. The van der Waals surface area contributed by atoms with Crippen LogP contribution < -0.4 is 10.1 Å². The van der Waals surface area contributed by atoms with Crippen LogP contribution in [0.15, 0.2) is 42.6 Å². The molecule has 1 aromatic carbocycles. The Hall–Kier alpha value is -1.94. The Labute approximate surface area is 118 Å². The number of halogens is 1. The van der Waals surface area contributed by atoms with Crippen molar-refractivity contribution in [2.75, 3.05) is 7.11 Å². The zero-order valence-electron chi connectivity index (χ0n) is 11.8. The second-order valence-corrected chi connectivity index (χ2v) is 4.54. The fourth-order valence-corrected chi connectivity index (χ4v) is 2.21. The van der Waals surface area contributed by atoms with Gasteiger partial charge < -0.3 is 10.1 Å². The van der Waals surface area contributed by atoms with Crippen LogP contribution in [-0.4, -0.2) is 12.1 Å². The van der Waals surface area contributed by atoms with Gasteiger partial charge in [0.05, 0.1) is 7.11 Å². The standard InChI is InChI=1S/C16H19FN2O/c1-3-15(13-8-4-5-9-14(13)17)19-11-12-7-6-10-18-16(12)20-2/h4-10,15,19H,3,11H2,1-2H3. The van der Waals surface area contributed by atoms with Gasteiger partial charge in [0.1, 0.15) is 5.82 Å². The highest BCUT2D eigenvalue weighted by Gasteiger charge is 2.13. The molecule has 0 aliphatic heterocycles. The molecule has 0 spiro atoms. The molecule has 0 fully saturated rings. The van der Waals surface area contributed by atoms with Gasteiger partial charge in [0.15, 0.2) is 0 Å². The second kappa shape index (κ2) is 7.01. The largest absolute Gasteiger partial charge is 0.481 e. The lowest BCUT2D eigenvalue weighted by Gasteiger charge is -2.18. The molecular formula is C16H19FN2O. The van der Waals surface area contributed by atoms with Crippen molar-refractivity contribution >= 4 is 0 Å². The number of hydrogen-bond acceptors (Lipinski definition) is 3. The van der Waals surface area contributed by atoms with E-state index in [9.17, 15) is 4.39 Å². The van der Waals surface area contributed by atoms with Gasteiger partial charge in [0.25, 0.3) is 0 Å². The van der Waals surface area contributed by atoms with Gasteiger partial charge in [-0.25, -0.2) is 9.37 Å². The summed E-state index contributed by atoms with van der Waals surface area (Å²) in [7, 11) is 1.60. The van der Waals surface area contributed by atoms with E-state index in [-0.39, 0.29) is 11.9 Å². The zero-order chi connectivity index (χ0) is 14.4. The summed E-state index contributed by atoms with van der Waals surface area (Å²) < 4.78 is 19.0. The zero-order valence-corrected chi connectivity index (χ0v) is 11.8. The van der Waals surface area contributed by atoms with Gasteiger partial charge in [-0.15, -0.1) is 0 Å². The van der Waals surface area contributed by atoms with E-state index in [4.69, 9.17) is 4.74 Å². The SMILES string of the molecule is CCC(NCc1cccnc1OC)c1ccccc1F. The fourth-order valence-electron chi connectivity index (χ4n) is 2.21. The summed E-state index contributed by atoms with van der Waals surface area (Å²) >= 11 is 0. The number of methoxy groups -OCH3 is 1. The van der Waals surface area contributed by atoms with Crippen molar-refractivity contribution in [1.29, 1.82) is 0 Å². The first-order valence-corrected chi connectivity index (χ1v) is 6.72. The molecule has 1 atom stereocenters. The maximum absolute atomic E-state index is 13.8. The van der Waals surface area contributed by atoms with Crippen molar-refractivity contribution in [2.24, 2.45) is 0 Å². The summed E-state index contributed by atoms with van der Waals surface area (Å²) in [6, 6.07) is 10.7. The third-order valence-electron chi connectivity index (χ3n) is 3.27. The first-order chi connectivity index (χ1) is 9.76. The van der Waals surface area contributed by atoms with E-state index in [1.54, 1.807) is 19.4 Å². The minimum absolute atomic E-state index is 0.0267. The van der Waals surface area contributed by atoms with E-state index in [0.717, 1.165) is 12.0 Å². The molecule has 0 bridgehead atoms. The molecule has 0 aliphatic carbocycles. The van der Waals surface area contributed by atoms with Gasteiger partial charge >= 0.3 is 0 Å². The van der Waals surface area contributed by atoms with Crippen molar-refractivity contribution in [1.82, 2.24) is 10.3 Å². The van der Waals surface area contributed by atoms with Crippen molar-refractivity contribution in [3.05, 3.63) is 59.5 Å². The van der Waals surface area contributed by atoms with Crippen LogP contribution in [0.2, 0.25) is 0 Å². The summed E-state index contributed by atoms with van der Waals surface area (Å²) in [5, 5.41) is 3.36. The van der Waals surface area contributed by atoms with Crippen LogP contribution in [-0.2, 0) is 6.54 Å². The Morgan fingerprint density at radius 1 is 1.25 bits per heavy atom. The third-order valence-corrected chi connectivity index (χ3v) is 3.27. The van der Waals surface area contributed by atoms with E-state index in [1.165, 1.54) is 6.07 Å². The molecule has 106 valence electrons. The molecule has 0 saturated carbocycles. The van der Waals surface area contributed by atoms with E-state index >= 15 is 0 Å². The van der Waals surface area contributed by atoms with E-state index in [1.807, 2.05) is 31.2 Å². The lowest BCUT2D eigenvalue weighted by Crippen LogP contribution is -2.21. The number of pyridine rings is 1. The highest BCUT2D eigenvalue weighted by atomic mass is 19.1. The molecule has 1 aromatic heterocycles. The highest BCUT2D eigenvalue weighted by Crippen LogP contribution is 2.21. The first kappa shape index (κ1) is 14.5. The van der Waals surface area contributed by atoms with Crippen LogP contribution in [0.5, 0.6) is 5.88 Å². The molecule has 1 unspecified atom stereocenters. The molecule has 0 saturated heterocycles. The van der Waals surface area contributed by atoms with Gasteiger partial charge in [0.2, 0.25) is 5.88 Å². The minimum atomic E-state index is -0.176. The molecule has 20 heavy (non-hydrogen) atoms. The fraction of sp³-hybridized carbons (Fsp3) is 0.312. The van der Waals surface area contributed by atoms with E-state index in [0.29, 0.717) is 18.0 Å². The average molecular weight is 274 g/mol. The molecule has 0 amide bonds. The minimum Gasteiger partial charge on any atom is -0.481 e. The van der Waals surface area contributed by atoms with Gasteiger partial charge in [0, 0.05) is 29.9 Å². The number of nitrogens with zero attached hydrogens (tertiary/aromatic N) is 1. The topological polar surface area (TPSA) is 34.2 Å². The lowest BCUT2D eigenvalue weighted by molar-refractivity contribution is 0.387. The number of rotatable bonds is 6. The van der Waals surface area contributed by atoms with Gasteiger partial charge in [-0.3, -0.25) is 0 Å². The van der Waals surface area contributed by atoms with Gasteiger partial charge in [-0.1, -0.05) is 31.2 Å². The molecule has 1 N–H and O–H groups in total. The van der Waals surface area contributed by atoms with Gasteiger partial charge in [-0.2, -0.15) is 0 Å². The number of nitrogens with one attached hydrogen (secondary N) is 1. The first-order valence-electron chi connectivity index (χ1n) is 6.72. The second-order valence-electron chi connectivity index (χ2n) is 4.54. The third kappa shape index (κ3) is 3.33. The predicted molar refractivity (Wildman–Crippen MR) is 77.1 cm³/mol. The summed E-state index contributed by atoms with van der Waals surface area (Å²) in [5.41, 5.74) is 1.66. The summed E-state index contributed by atoms with van der Waals surface area (Å²) in [4.78, 5) is 4.15. The Balaban J connectivity index is 2.10. The van der Waals surface area contributed by atoms with E-state index in [2.05, 4.69) is 10.3 Å². The van der Waals surface area contributed by atoms with Crippen LogP contribution >= 0.6 is 0 Å². The summed E-state index contributed by atoms with van der Waals surface area (Å²) in [6.07, 6.45) is 2.50. The van der Waals surface area contributed by atoms with Crippen LogP contribution in [0.1, 0.15) is 30.5 Å². The maximum atomic E-state index is 13.8. The monoisotopic (exact) mass is 274 g/mol. The smallest absolute Gasteiger partial charge is 0.217 e. The molecule has 2 rings (SSSR count). The van der Waals surface area contributed by atoms with E-state index < -0.39 is 0 Å². The molecule has 4 heteroatoms. The lowest BCUT2D eigenvalue weighted by atomic mass is 10.0. The molecule has 0 aliphatic rings. The summed E-state index contributed by atoms with van der Waals surface area (Å²) in [6.45, 7) is 2.62. The van der Waals surface area contributed by atoms with Crippen molar-refractivity contribution in [3.8, 4) is 5.88 Å². The molecule has 2 aromatic rings. The Kier molecular flexibility index (Phi) is 5.07. The number of ether oxygens (including phenoxy) is 1. The van der Waals surface area contributed by atoms with Crippen LogP contribution in [0.3, 0.4) is 0 Å². The Morgan fingerprint density at radius 2 is 2.05 bits per heavy atom. The van der Waals surface area contributed by atoms with Crippen molar-refractivity contribution in [2.45, 2.75) is 25.9 Å². The number of benzene rings is 1. The van der Waals surface area contributed by atoms with Gasteiger partial charge in [-0.05, 0) is 18.6 Å². The van der Waals surface area contributed by atoms with Crippen molar-refractivity contribution < 1.29 is 9.13 Å². The average Bonchev–Trinajstić information content (AvgIpc) is 2.50. The number of hydrogen-bond donors (Lipinski definition) is 1. The maximum Gasteiger partial charge on any atom is 0.217 e. The number of aromatic nitrogens is 1. The summed E-state index contributed by atoms with van der Waals surface area (Å²) in [5.74, 6) is 0.424. The van der Waals surface area contributed by atoms with Crippen LogP contribution in [0.4, 0.5) is 4.39 Å². The molecule has 3 nitrogen and oxygen atoms in total. The molecular weight excluding hydrogens is 255 g/mol. The Morgan fingerprint density at radius 3 is 2.75 bits per heavy atom. The normalized spacial score (nSPS) is 12.2. The van der Waals surface area contributed by atoms with Crippen LogP contribution in [0, 0.1) is 5.82 Å². The van der Waals surface area contributed by atoms with Crippen LogP contribution in [0.25, 0.3) is 0 Å². The van der Waals surface area contributed by atoms with Crippen molar-refractivity contribution in [3.63, 3.8) is 0 Å². The molecule has 1 heterocycles. The highest BCUT2D eigenvalue weighted by molar-refractivity contribution is 5.26. The molecule has 0 radical (unpaired) electrons. The quantitative estimate of drug-likeness (QED) is 0.875. The predicted octanol–water partition coefficient (Wildman–Crippen LogP) is 3.47.